The number of thiophene rings is 1. The second kappa shape index (κ2) is 6.63. The van der Waals surface area contributed by atoms with Crippen LogP contribution in [-0.4, -0.2) is 24.5 Å². The molecule has 4 nitrogen and oxygen atoms in total. The van der Waals surface area contributed by atoms with Crippen LogP contribution in [0.5, 0.6) is 0 Å². The van der Waals surface area contributed by atoms with Crippen LogP contribution in [0.3, 0.4) is 0 Å². The maximum Gasteiger partial charge on any atom is 0.261 e. The summed E-state index contributed by atoms with van der Waals surface area (Å²) in [5.41, 5.74) is 7.44. The molecule has 1 saturated carbocycles. The maximum atomic E-state index is 13.0. The molecule has 3 N–H and O–H groups in total. The topological polar surface area (TPSA) is 53.2 Å². The third kappa shape index (κ3) is 3.22. The lowest BCUT2D eigenvalue weighted by atomic mass is 9.83. The predicted molar refractivity (Wildman–Crippen MR) is 93.2 cm³/mol. The van der Waals surface area contributed by atoms with Gasteiger partial charge in [0.05, 0.1) is 4.88 Å². The summed E-state index contributed by atoms with van der Waals surface area (Å²) < 4.78 is 13.0. The quantitative estimate of drug-likeness (QED) is 0.802. The van der Waals surface area contributed by atoms with Gasteiger partial charge in [-0.05, 0) is 55.0 Å². The summed E-state index contributed by atoms with van der Waals surface area (Å²) in [6.07, 6.45) is 3.12. The van der Waals surface area contributed by atoms with E-state index in [4.69, 9.17) is 0 Å². The van der Waals surface area contributed by atoms with Gasteiger partial charge in [-0.15, -0.1) is 11.3 Å². The summed E-state index contributed by atoms with van der Waals surface area (Å²) in [6, 6.07) is 10.9. The fourth-order valence-corrected chi connectivity index (χ4v) is 4.53. The first-order valence-corrected chi connectivity index (χ1v) is 9.16. The zero-order chi connectivity index (χ0) is 16.5. The number of nitrogens with one attached hydrogen (secondary N) is 3. The second-order valence-corrected chi connectivity index (χ2v) is 7.63. The molecule has 1 aliphatic heterocycles. The minimum absolute atomic E-state index is 0.00396. The molecule has 3 unspecified atom stereocenters. The molecule has 126 valence electrons. The summed E-state index contributed by atoms with van der Waals surface area (Å²) in [4.78, 5) is 14.2. The average molecular weight is 345 g/mol. The van der Waals surface area contributed by atoms with Gasteiger partial charge in [0.15, 0.2) is 0 Å². The number of carbonyl (C=O) groups is 1. The zero-order valence-electron chi connectivity index (χ0n) is 13.2. The third-order valence-electron chi connectivity index (χ3n) is 4.93. The molecule has 1 aliphatic carbocycles. The maximum absolute atomic E-state index is 13.0. The van der Waals surface area contributed by atoms with Crippen molar-refractivity contribution >= 4 is 17.2 Å². The Balaban J connectivity index is 1.41. The number of rotatable bonds is 3. The van der Waals surface area contributed by atoms with Crippen molar-refractivity contribution in [2.24, 2.45) is 5.92 Å². The van der Waals surface area contributed by atoms with Crippen LogP contribution in [0.15, 0.2) is 36.4 Å². The van der Waals surface area contributed by atoms with Crippen LogP contribution in [0.2, 0.25) is 0 Å². The number of carbonyl (C=O) groups excluding carboxylic acids is 1. The molecule has 0 radical (unpaired) electrons. The Kier molecular flexibility index (Phi) is 4.35. The molecule has 6 heteroatoms. The largest absolute Gasteiger partial charge is 0.349 e. The van der Waals surface area contributed by atoms with E-state index in [-0.39, 0.29) is 17.8 Å². The van der Waals surface area contributed by atoms with E-state index in [0.717, 1.165) is 36.2 Å². The van der Waals surface area contributed by atoms with Gasteiger partial charge in [-0.3, -0.25) is 15.6 Å². The second-order valence-electron chi connectivity index (χ2n) is 6.55. The molecule has 1 saturated heterocycles. The lowest BCUT2D eigenvalue weighted by Gasteiger charge is -2.31. The Labute approximate surface area is 144 Å². The smallest absolute Gasteiger partial charge is 0.261 e. The van der Waals surface area contributed by atoms with Crippen molar-refractivity contribution in [3.63, 3.8) is 0 Å². The van der Waals surface area contributed by atoms with Crippen molar-refractivity contribution in [2.45, 2.75) is 31.3 Å². The first kappa shape index (κ1) is 15.7. The highest BCUT2D eigenvalue weighted by Gasteiger charge is 2.34. The fourth-order valence-electron chi connectivity index (χ4n) is 3.62. The van der Waals surface area contributed by atoms with Crippen molar-refractivity contribution in [2.75, 3.05) is 6.54 Å². The molecule has 24 heavy (non-hydrogen) atoms. The van der Waals surface area contributed by atoms with E-state index in [0.29, 0.717) is 16.8 Å². The normalized spacial score (nSPS) is 26.1. The van der Waals surface area contributed by atoms with Gasteiger partial charge in [0, 0.05) is 23.5 Å². The molecule has 1 aromatic carbocycles. The van der Waals surface area contributed by atoms with Gasteiger partial charge >= 0.3 is 0 Å². The van der Waals surface area contributed by atoms with E-state index in [1.807, 2.05) is 12.1 Å². The fraction of sp³-hybridized carbons (Fsp3) is 0.389. The number of halogens is 1. The minimum atomic E-state index is -0.250. The van der Waals surface area contributed by atoms with E-state index >= 15 is 0 Å². The molecule has 2 aliphatic rings. The van der Waals surface area contributed by atoms with Crippen molar-refractivity contribution in [1.29, 1.82) is 0 Å². The van der Waals surface area contributed by atoms with E-state index in [1.54, 1.807) is 12.1 Å². The van der Waals surface area contributed by atoms with Crippen LogP contribution in [0.1, 0.15) is 28.9 Å². The summed E-state index contributed by atoms with van der Waals surface area (Å²) in [5, 5.41) is 3.18. The molecule has 2 fully saturated rings. The van der Waals surface area contributed by atoms with Gasteiger partial charge in [-0.25, -0.2) is 4.39 Å². The predicted octanol–water partition coefficient (Wildman–Crippen LogP) is 2.93. The number of hydrazine groups is 1. The van der Waals surface area contributed by atoms with Crippen molar-refractivity contribution in [3.05, 3.63) is 47.1 Å². The van der Waals surface area contributed by atoms with Crippen molar-refractivity contribution in [3.8, 4) is 10.4 Å². The highest BCUT2D eigenvalue weighted by atomic mass is 32.1. The summed E-state index contributed by atoms with van der Waals surface area (Å²) in [7, 11) is 0. The van der Waals surface area contributed by atoms with E-state index < -0.39 is 0 Å². The molecular formula is C18H20FN3OS. The number of amides is 1. The minimum Gasteiger partial charge on any atom is -0.349 e. The Morgan fingerprint density at radius 3 is 2.83 bits per heavy atom. The monoisotopic (exact) mass is 345 g/mol. The molecule has 1 amide bonds. The average Bonchev–Trinajstić information content (AvgIpc) is 3.24. The van der Waals surface area contributed by atoms with Gasteiger partial charge in [-0.1, -0.05) is 12.1 Å². The number of hydrogen-bond acceptors (Lipinski definition) is 4. The van der Waals surface area contributed by atoms with Gasteiger partial charge in [0.1, 0.15) is 5.82 Å². The molecule has 3 atom stereocenters. The van der Waals surface area contributed by atoms with Crippen LogP contribution in [0.25, 0.3) is 10.4 Å². The number of benzene rings is 1. The molecule has 1 aromatic heterocycles. The molecule has 0 spiro atoms. The Morgan fingerprint density at radius 2 is 2.00 bits per heavy atom. The lowest BCUT2D eigenvalue weighted by Crippen LogP contribution is -2.43. The van der Waals surface area contributed by atoms with Crippen LogP contribution in [0, 0.1) is 11.7 Å². The van der Waals surface area contributed by atoms with Gasteiger partial charge in [0.2, 0.25) is 0 Å². The molecule has 4 rings (SSSR count). The van der Waals surface area contributed by atoms with Crippen LogP contribution >= 0.6 is 11.3 Å². The number of hydrogen-bond donors (Lipinski definition) is 3. The van der Waals surface area contributed by atoms with Gasteiger partial charge in [-0.2, -0.15) is 0 Å². The summed E-state index contributed by atoms with van der Waals surface area (Å²) in [5.74, 6) is 0.345. The third-order valence-corrected chi connectivity index (χ3v) is 6.06. The molecular weight excluding hydrogens is 325 g/mol. The van der Waals surface area contributed by atoms with Crippen molar-refractivity contribution in [1.82, 2.24) is 16.2 Å². The summed E-state index contributed by atoms with van der Waals surface area (Å²) in [6.45, 7) is 0.977. The SMILES string of the molecule is O=C(NC1CCC2NNCC2C1)c1ccc(-c2ccc(F)cc2)s1. The Hall–Kier alpha value is -1.76. The van der Waals surface area contributed by atoms with Crippen LogP contribution < -0.4 is 16.2 Å². The van der Waals surface area contributed by atoms with E-state index in [1.165, 1.54) is 23.5 Å². The molecule has 0 bridgehead atoms. The van der Waals surface area contributed by atoms with Crippen LogP contribution in [0.4, 0.5) is 4.39 Å². The first-order valence-electron chi connectivity index (χ1n) is 8.34. The van der Waals surface area contributed by atoms with Gasteiger partial charge < -0.3 is 5.32 Å². The first-order chi connectivity index (χ1) is 11.7. The van der Waals surface area contributed by atoms with E-state index in [2.05, 4.69) is 16.2 Å². The Bertz CT molecular complexity index is 730. The number of fused-ring (bicyclic) bond motifs is 1. The van der Waals surface area contributed by atoms with Crippen LogP contribution in [-0.2, 0) is 0 Å². The highest BCUT2D eigenvalue weighted by Crippen LogP contribution is 2.30. The highest BCUT2D eigenvalue weighted by molar-refractivity contribution is 7.17. The molecule has 2 aromatic rings. The molecule has 2 heterocycles. The Morgan fingerprint density at radius 1 is 1.17 bits per heavy atom. The van der Waals surface area contributed by atoms with Gasteiger partial charge in [0.25, 0.3) is 5.91 Å². The summed E-state index contributed by atoms with van der Waals surface area (Å²) >= 11 is 1.45. The zero-order valence-corrected chi connectivity index (χ0v) is 14.0. The van der Waals surface area contributed by atoms with Crippen molar-refractivity contribution < 1.29 is 9.18 Å². The lowest BCUT2D eigenvalue weighted by molar-refractivity contribution is 0.0922. The standard InChI is InChI=1S/C18H20FN3OS/c19-13-3-1-11(2-4-13)16-7-8-17(24-16)18(23)21-14-5-6-15-12(9-14)10-20-22-15/h1-4,7-8,12,14-15,20,22H,5-6,9-10H2,(H,21,23). The van der Waals surface area contributed by atoms with E-state index in [9.17, 15) is 9.18 Å².